The van der Waals surface area contributed by atoms with E-state index in [2.05, 4.69) is 10.1 Å². The Kier molecular flexibility index (Phi) is 7.69. The van der Waals surface area contributed by atoms with E-state index in [1.165, 1.54) is 0 Å². The van der Waals surface area contributed by atoms with Crippen LogP contribution in [0.3, 0.4) is 0 Å². The number of hydrogen-bond acceptors (Lipinski definition) is 4. The highest BCUT2D eigenvalue weighted by molar-refractivity contribution is 5.87. The highest BCUT2D eigenvalue weighted by Crippen LogP contribution is 2.17. The molecule has 0 aliphatic heterocycles. The first kappa shape index (κ1) is 16.5. The van der Waals surface area contributed by atoms with Crippen molar-refractivity contribution in [3.8, 4) is 0 Å². The van der Waals surface area contributed by atoms with Crippen molar-refractivity contribution >= 4 is 5.84 Å². The summed E-state index contributed by atoms with van der Waals surface area (Å²) in [6.07, 6.45) is 2.89. The normalized spacial score (nSPS) is 13.7. The first-order chi connectivity index (χ1) is 9.69. The molecule has 0 saturated carbocycles. The predicted octanol–water partition coefficient (Wildman–Crippen LogP) is 1.61. The summed E-state index contributed by atoms with van der Waals surface area (Å²) >= 11 is 0. The number of rotatable bonds is 9. The Balaban J connectivity index is 2.58. The molecule has 5 heteroatoms. The monoisotopic (exact) mass is 279 g/mol. The molecule has 0 aromatic heterocycles. The van der Waals surface area contributed by atoms with Gasteiger partial charge in [-0.2, -0.15) is 0 Å². The minimum atomic E-state index is -0.107. The Hall–Kier alpha value is -1.59. The summed E-state index contributed by atoms with van der Waals surface area (Å²) in [5.41, 5.74) is 6.86. The Labute approximate surface area is 120 Å². The molecule has 0 aliphatic carbocycles. The van der Waals surface area contributed by atoms with Crippen LogP contribution in [-0.2, 0) is 0 Å². The second kappa shape index (κ2) is 9.34. The van der Waals surface area contributed by atoms with Crippen LogP contribution >= 0.6 is 0 Å². The standard InChI is InChI=1S/C15H25N3O2/c1-18(10-6-3-7-11-19)12-14(15(16)17-20)13-8-4-2-5-9-13/h2,4-5,8-9,14,19-20H,3,6-7,10-12H2,1H3,(H2,16,17). The van der Waals surface area contributed by atoms with E-state index in [-0.39, 0.29) is 18.4 Å². The van der Waals surface area contributed by atoms with Crippen LogP contribution in [-0.4, -0.2) is 47.8 Å². The molecule has 0 saturated heterocycles. The van der Waals surface area contributed by atoms with Gasteiger partial charge in [-0.05, 0) is 38.4 Å². The Morgan fingerprint density at radius 1 is 1.25 bits per heavy atom. The van der Waals surface area contributed by atoms with Gasteiger partial charge in [-0.15, -0.1) is 0 Å². The van der Waals surface area contributed by atoms with E-state index in [9.17, 15) is 0 Å². The number of aliphatic hydroxyl groups is 1. The average Bonchev–Trinajstić information content (AvgIpc) is 2.49. The second-order valence-corrected chi connectivity index (χ2v) is 5.03. The van der Waals surface area contributed by atoms with E-state index in [1.54, 1.807) is 0 Å². The summed E-state index contributed by atoms with van der Waals surface area (Å²) in [5.74, 6) is 0.127. The number of oxime groups is 1. The molecule has 0 radical (unpaired) electrons. The van der Waals surface area contributed by atoms with Gasteiger partial charge in [0.1, 0.15) is 5.84 Å². The van der Waals surface area contributed by atoms with Crippen molar-refractivity contribution in [1.82, 2.24) is 4.90 Å². The Morgan fingerprint density at radius 2 is 1.95 bits per heavy atom. The fourth-order valence-electron chi connectivity index (χ4n) is 2.20. The molecule has 0 spiro atoms. The number of hydrogen-bond donors (Lipinski definition) is 3. The fraction of sp³-hybridized carbons (Fsp3) is 0.533. The van der Waals surface area contributed by atoms with Gasteiger partial charge in [-0.1, -0.05) is 35.5 Å². The minimum Gasteiger partial charge on any atom is -0.409 e. The first-order valence-corrected chi connectivity index (χ1v) is 7.00. The van der Waals surface area contributed by atoms with Gasteiger partial charge in [0.15, 0.2) is 0 Å². The van der Waals surface area contributed by atoms with Crippen molar-refractivity contribution in [1.29, 1.82) is 0 Å². The van der Waals surface area contributed by atoms with Crippen molar-refractivity contribution < 1.29 is 10.3 Å². The van der Waals surface area contributed by atoms with Crippen molar-refractivity contribution in [2.24, 2.45) is 10.9 Å². The number of amidine groups is 1. The molecule has 1 rings (SSSR count). The van der Waals surface area contributed by atoms with Crippen molar-refractivity contribution in [3.63, 3.8) is 0 Å². The summed E-state index contributed by atoms with van der Waals surface area (Å²) in [6, 6.07) is 9.83. The van der Waals surface area contributed by atoms with E-state index in [0.717, 1.165) is 31.4 Å². The Morgan fingerprint density at radius 3 is 2.55 bits per heavy atom. The quantitative estimate of drug-likeness (QED) is 0.211. The molecule has 0 amide bonds. The molecule has 1 atom stereocenters. The zero-order chi connectivity index (χ0) is 14.8. The summed E-state index contributed by atoms with van der Waals surface area (Å²) in [6.45, 7) is 1.89. The van der Waals surface area contributed by atoms with E-state index >= 15 is 0 Å². The molecule has 1 aromatic rings. The summed E-state index contributed by atoms with van der Waals surface area (Å²) in [5, 5.41) is 20.9. The summed E-state index contributed by atoms with van der Waals surface area (Å²) in [7, 11) is 2.03. The number of unbranched alkanes of at least 4 members (excludes halogenated alkanes) is 2. The highest BCUT2D eigenvalue weighted by atomic mass is 16.4. The Bertz CT molecular complexity index is 395. The molecule has 5 nitrogen and oxygen atoms in total. The highest BCUT2D eigenvalue weighted by Gasteiger charge is 2.18. The number of aliphatic hydroxyl groups excluding tert-OH is 1. The van der Waals surface area contributed by atoms with Crippen LogP contribution in [0.15, 0.2) is 35.5 Å². The lowest BCUT2D eigenvalue weighted by Crippen LogP contribution is -2.33. The largest absolute Gasteiger partial charge is 0.409 e. The van der Waals surface area contributed by atoms with Crippen LogP contribution < -0.4 is 5.73 Å². The maximum atomic E-state index is 8.94. The molecule has 20 heavy (non-hydrogen) atoms. The van der Waals surface area contributed by atoms with Crippen LogP contribution in [0.5, 0.6) is 0 Å². The fourth-order valence-corrected chi connectivity index (χ4v) is 2.20. The maximum absolute atomic E-state index is 8.94. The number of likely N-dealkylation sites (N-methyl/N-ethyl adjacent to an activating group) is 1. The van der Waals surface area contributed by atoms with Gasteiger partial charge >= 0.3 is 0 Å². The molecule has 1 unspecified atom stereocenters. The SMILES string of the molecule is CN(CCCCCO)CC(/C(N)=N/O)c1ccccc1. The molecule has 0 fully saturated rings. The second-order valence-electron chi connectivity index (χ2n) is 5.03. The molecule has 0 aliphatic rings. The van der Waals surface area contributed by atoms with Crippen LogP contribution in [0.25, 0.3) is 0 Å². The van der Waals surface area contributed by atoms with Gasteiger partial charge in [0.25, 0.3) is 0 Å². The molecule has 4 N–H and O–H groups in total. The molecular formula is C15H25N3O2. The zero-order valence-electron chi connectivity index (χ0n) is 12.1. The third kappa shape index (κ3) is 5.59. The molecule has 1 aromatic carbocycles. The number of nitrogens with two attached hydrogens (primary N) is 1. The van der Waals surface area contributed by atoms with Gasteiger partial charge < -0.3 is 20.9 Å². The lowest BCUT2D eigenvalue weighted by molar-refractivity contribution is 0.271. The van der Waals surface area contributed by atoms with Gasteiger partial charge in [0.2, 0.25) is 0 Å². The molecule has 112 valence electrons. The average molecular weight is 279 g/mol. The third-order valence-corrected chi connectivity index (χ3v) is 3.37. The molecular weight excluding hydrogens is 254 g/mol. The van der Waals surface area contributed by atoms with Gasteiger partial charge in [0, 0.05) is 13.2 Å². The van der Waals surface area contributed by atoms with Crippen molar-refractivity contribution in [3.05, 3.63) is 35.9 Å². The minimum absolute atomic E-state index is 0.107. The summed E-state index contributed by atoms with van der Waals surface area (Å²) in [4.78, 5) is 2.17. The van der Waals surface area contributed by atoms with Crippen molar-refractivity contribution in [2.75, 3.05) is 26.7 Å². The maximum Gasteiger partial charge on any atom is 0.147 e. The van der Waals surface area contributed by atoms with Crippen LogP contribution in [0.1, 0.15) is 30.7 Å². The van der Waals surface area contributed by atoms with E-state index < -0.39 is 0 Å². The summed E-state index contributed by atoms with van der Waals surface area (Å²) < 4.78 is 0. The molecule has 0 bridgehead atoms. The number of benzene rings is 1. The first-order valence-electron chi connectivity index (χ1n) is 7.00. The number of nitrogens with zero attached hydrogens (tertiary/aromatic N) is 2. The molecule has 0 heterocycles. The van der Waals surface area contributed by atoms with Gasteiger partial charge in [-0.3, -0.25) is 0 Å². The van der Waals surface area contributed by atoms with E-state index in [4.69, 9.17) is 16.0 Å². The van der Waals surface area contributed by atoms with Crippen molar-refractivity contribution in [2.45, 2.75) is 25.2 Å². The van der Waals surface area contributed by atoms with Crippen LogP contribution in [0.4, 0.5) is 0 Å². The lowest BCUT2D eigenvalue weighted by Gasteiger charge is -2.23. The third-order valence-electron chi connectivity index (χ3n) is 3.37. The van der Waals surface area contributed by atoms with Gasteiger partial charge in [-0.25, -0.2) is 0 Å². The lowest BCUT2D eigenvalue weighted by atomic mass is 9.97. The van der Waals surface area contributed by atoms with E-state index in [1.807, 2.05) is 37.4 Å². The predicted molar refractivity (Wildman–Crippen MR) is 81.0 cm³/mol. The smallest absolute Gasteiger partial charge is 0.147 e. The van der Waals surface area contributed by atoms with Crippen LogP contribution in [0.2, 0.25) is 0 Å². The zero-order valence-corrected chi connectivity index (χ0v) is 12.1. The topological polar surface area (TPSA) is 82.1 Å². The van der Waals surface area contributed by atoms with Crippen LogP contribution in [0, 0.1) is 0 Å². The van der Waals surface area contributed by atoms with E-state index in [0.29, 0.717) is 6.54 Å². The van der Waals surface area contributed by atoms with Gasteiger partial charge in [0.05, 0.1) is 5.92 Å².